The van der Waals surface area contributed by atoms with Gasteiger partial charge >= 0.3 is 0 Å². The Hall–Kier alpha value is -1.88. The lowest BCUT2D eigenvalue weighted by Gasteiger charge is -2.05. The predicted octanol–water partition coefficient (Wildman–Crippen LogP) is 2.56. The van der Waals surface area contributed by atoms with Gasteiger partial charge in [-0.05, 0) is 25.5 Å². The van der Waals surface area contributed by atoms with Gasteiger partial charge in [-0.1, -0.05) is 16.8 Å². The molecule has 100 valence electrons. The van der Waals surface area contributed by atoms with Crippen LogP contribution >= 0.6 is 0 Å². The maximum Gasteiger partial charge on any atom is 0.261 e. The predicted molar refractivity (Wildman–Crippen MR) is 69.2 cm³/mol. The molecule has 0 radical (unpaired) electrons. The van der Waals surface area contributed by atoms with Crippen molar-refractivity contribution in [1.82, 2.24) is 10.1 Å². The molecule has 2 aromatic rings. The molecule has 2 heterocycles. The highest BCUT2D eigenvalue weighted by Gasteiger charge is 2.24. The summed E-state index contributed by atoms with van der Waals surface area (Å²) in [5, 5.41) is 4.06. The molecule has 1 aliphatic rings. The molecule has 0 N–H and O–H groups in total. The van der Waals surface area contributed by atoms with Crippen molar-refractivity contribution < 1.29 is 14.0 Å². The monoisotopic (exact) mass is 260 g/mol. The van der Waals surface area contributed by atoms with Crippen molar-refractivity contribution in [2.75, 3.05) is 20.3 Å². The molecule has 0 saturated carbocycles. The Balaban J connectivity index is 1.95. The maximum absolute atomic E-state index is 5.36. The molecule has 5 heteroatoms. The molecule has 0 unspecified atom stereocenters. The topological polar surface area (TPSA) is 57.4 Å². The molecule has 1 fully saturated rings. The van der Waals surface area contributed by atoms with Crippen molar-refractivity contribution in [2.45, 2.75) is 19.3 Å². The van der Waals surface area contributed by atoms with Gasteiger partial charge in [-0.3, -0.25) is 0 Å². The molecule has 1 aliphatic heterocycles. The van der Waals surface area contributed by atoms with Gasteiger partial charge in [0.15, 0.2) is 5.82 Å². The highest BCUT2D eigenvalue weighted by Crippen LogP contribution is 2.31. The SMILES string of the molecule is COc1ccc(C)cc1-c1nc([C@@H]2CCOC2)no1. The fourth-order valence-corrected chi connectivity index (χ4v) is 2.24. The van der Waals surface area contributed by atoms with Crippen LogP contribution in [0.3, 0.4) is 0 Å². The summed E-state index contributed by atoms with van der Waals surface area (Å²) in [6, 6.07) is 5.89. The fourth-order valence-electron chi connectivity index (χ4n) is 2.24. The van der Waals surface area contributed by atoms with Crippen LogP contribution in [0.5, 0.6) is 5.75 Å². The molecule has 5 nitrogen and oxygen atoms in total. The van der Waals surface area contributed by atoms with E-state index in [9.17, 15) is 0 Å². The number of methoxy groups -OCH3 is 1. The second-order valence-electron chi connectivity index (χ2n) is 4.72. The van der Waals surface area contributed by atoms with Gasteiger partial charge in [0.2, 0.25) is 0 Å². The Morgan fingerprint density at radius 3 is 3.00 bits per heavy atom. The van der Waals surface area contributed by atoms with Crippen LogP contribution in [0.15, 0.2) is 22.7 Å². The van der Waals surface area contributed by atoms with Crippen LogP contribution in [0, 0.1) is 6.92 Å². The van der Waals surface area contributed by atoms with E-state index in [2.05, 4.69) is 10.1 Å². The third-order valence-electron chi connectivity index (χ3n) is 3.32. The molecule has 1 aromatic heterocycles. The molecule has 19 heavy (non-hydrogen) atoms. The minimum absolute atomic E-state index is 0.244. The first-order chi connectivity index (χ1) is 9.28. The van der Waals surface area contributed by atoms with Crippen LogP contribution in [0.25, 0.3) is 11.5 Å². The third-order valence-corrected chi connectivity index (χ3v) is 3.32. The van der Waals surface area contributed by atoms with Crippen molar-refractivity contribution >= 4 is 0 Å². The molecule has 0 amide bonds. The smallest absolute Gasteiger partial charge is 0.261 e. The summed E-state index contributed by atoms with van der Waals surface area (Å²) in [6.07, 6.45) is 0.948. The number of aromatic nitrogens is 2. The van der Waals surface area contributed by atoms with Crippen LogP contribution in [0.1, 0.15) is 23.7 Å². The van der Waals surface area contributed by atoms with Crippen LogP contribution in [0.4, 0.5) is 0 Å². The minimum Gasteiger partial charge on any atom is -0.496 e. The van der Waals surface area contributed by atoms with Gasteiger partial charge in [0.25, 0.3) is 5.89 Å². The van der Waals surface area contributed by atoms with Crippen molar-refractivity contribution in [3.05, 3.63) is 29.6 Å². The van der Waals surface area contributed by atoms with E-state index in [1.54, 1.807) is 7.11 Å². The average Bonchev–Trinajstić information content (AvgIpc) is 3.09. The second kappa shape index (κ2) is 5.01. The Morgan fingerprint density at radius 1 is 1.37 bits per heavy atom. The summed E-state index contributed by atoms with van der Waals surface area (Å²) >= 11 is 0. The van der Waals surface area contributed by atoms with E-state index in [4.69, 9.17) is 14.0 Å². The zero-order valence-electron chi connectivity index (χ0n) is 11.0. The van der Waals surface area contributed by atoms with E-state index >= 15 is 0 Å². The number of nitrogens with zero attached hydrogens (tertiary/aromatic N) is 2. The number of hydrogen-bond acceptors (Lipinski definition) is 5. The highest BCUT2D eigenvalue weighted by atomic mass is 16.5. The van der Waals surface area contributed by atoms with Gasteiger partial charge in [0.05, 0.1) is 19.3 Å². The molecule has 1 aromatic carbocycles. The fraction of sp³-hybridized carbons (Fsp3) is 0.429. The normalized spacial score (nSPS) is 18.7. The lowest BCUT2D eigenvalue weighted by atomic mass is 10.1. The van der Waals surface area contributed by atoms with Crippen LogP contribution in [-0.2, 0) is 4.74 Å². The van der Waals surface area contributed by atoms with Gasteiger partial charge < -0.3 is 14.0 Å². The second-order valence-corrected chi connectivity index (χ2v) is 4.72. The molecular formula is C14H16N2O3. The first-order valence-corrected chi connectivity index (χ1v) is 6.34. The van der Waals surface area contributed by atoms with Gasteiger partial charge in [-0.15, -0.1) is 0 Å². The minimum atomic E-state index is 0.244. The van der Waals surface area contributed by atoms with Gasteiger partial charge in [0, 0.05) is 12.5 Å². The molecule has 0 spiro atoms. The Morgan fingerprint density at radius 2 is 2.26 bits per heavy atom. The number of benzene rings is 1. The Bertz CT molecular complexity index is 574. The summed E-state index contributed by atoms with van der Waals surface area (Å²) in [5.74, 6) is 2.20. The summed E-state index contributed by atoms with van der Waals surface area (Å²) in [7, 11) is 1.64. The number of rotatable bonds is 3. The lowest BCUT2D eigenvalue weighted by molar-refractivity contribution is 0.192. The molecular weight excluding hydrogens is 244 g/mol. The first-order valence-electron chi connectivity index (χ1n) is 6.34. The van der Waals surface area contributed by atoms with Gasteiger partial charge in [-0.25, -0.2) is 0 Å². The molecule has 0 aliphatic carbocycles. The lowest BCUT2D eigenvalue weighted by Crippen LogP contribution is -1.99. The summed E-state index contributed by atoms with van der Waals surface area (Å²) in [4.78, 5) is 4.47. The van der Waals surface area contributed by atoms with Crippen LogP contribution in [-0.4, -0.2) is 30.5 Å². The molecule has 0 bridgehead atoms. The Labute approximate surface area is 111 Å². The van der Waals surface area contributed by atoms with Crippen LogP contribution < -0.4 is 4.74 Å². The van der Waals surface area contributed by atoms with Crippen molar-refractivity contribution in [2.24, 2.45) is 0 Å². The van der Waals surface area contributed by atoms with Gasteiger partial charge in [-0.2, -0.15) is 4.98 Å². The van der Waals surface area contributed by atoms with Crippen LogP contribution in [0.2, 0.25) is 0 Å². The van der Waals surface area contributed by atoms with E-state index in [1.165, 1.54) is 0 Å². The number of hydrogen-bond donors (Lipinski definition) is 0. The van der Waals surface area contributed by atoms with E-state index in [0.717, 1.165) is 35.7 Å². The first kappa shape index (κ1) is 12.2. The van der Waals surface area contributed by atoms with Gasteiger partial charge in [0.1, 0.15) is 5.75 Å². The molecule has 1 saturated heterocycles. The quantitative estimate of drug-likeness (QED) is 0.848. The number of aryl methyl sites for hydroxylation is 1. The van der Waals surface area contributed by atoms with E-state index in [-0.39, 0.29) is 5.92 Å². The largest absolute Gasteiger partial charge is 0.496 e. The third kappa shape index (κ3) is 2.33. The Kier molecular flexibility index (Phi) is 3.21. The van der Waals surface area contributed by atoms with E-state index in [1.807, 2.05) is 25.1 Å². The zero-order chi connectivity index (χ0) is 13.2. The highest BCUT2D eigenvalue weighted by molar-refractivity contribution is 5.63. The maximum atomic E-state index is 5.36. The summed E-state index contributed by atoms with van der Waals surface area (Å²) in [6.45, 7) is 3.46. The van der Waals surface area contributed by atoms with Crippen molar-refractivity contribution in [3.8, 4) is 17.2 Å². The summed E-state index contributed by atoms with van der Waals surface area (Å²) in [5.41, 5.74) is 1.96. The summed E-state index contributed by atoms with van der Waals surface area (Å²) < 4.78 is 16.0. The molecule has 3 rings (SSSR count). The van der Waals surface area contributed by atoms with Crippen molar-refractivity contribution in [1.29, 1.82) is 0 Å². The van der Waals surface area contributed by atoms with Crippen molar-refractivity contribution in [3.63, 3.8) is 0 Å². The molecule has 1 atom stereocenters. The standard InChI is InChI=1S/C14H16N2O3/c1-9-3-4-12(17-2)11(7-9)14-15-13(16-19-14)10-5-6-18-8-10/h3-4,7,10H,5-6,8H2,1-2H3/t10-/m1/s1. The number of ether oxygens (including phenoxy) is 2. The zero-order valence-corrected chi connectivity index (χ0v) is 11.0. The van der Waals surface area contributed by atoms with E-state index in [0.29, 0.717) is 12.5 Å². The van der Waals surface area contributed by atoms with E-state index < -0.39 is 0 Å². The average molecular weight is 260 g/mol.